The van der Waals surface area contributed by atoms with Crippen molar-refractivity contribution in [1.29, 1.82) is 0 Å². The first-order chi connectivity index (χ1) is 13.7. The maximum atomic E-state index is 12.3. The van der Waals surface area contributed by atoms with E-state index in [4.69, 9.17) is 14.2 Å². The molecule has 4 nitrogen and oxygen atoms in total. The average Bonchev–Trinajstić information content (AvgIpc) is 2.73. The Bertz CT molecular complexity index is 667. The Morgan fingerprint density at radius 1 is 0.893 bits per heavy atom. The number of hydrogen-bond acceptors (Lipinski definition) is 4. The Balaban J connectivity index is 1.82. The van der Waals surface area contributed by atoms with Crippen molar-refractivity contribution in [2.24, 2.45) is 0 Å². The second-order valence-corrected chi connectivity index (χ2v) is 6.79. The zero-order valence-corrected chi connectivity index (χ0v) is 17.1. The first-order valence-electron chi connectivity index (χ1n) is 10.3. The molecule has 0 aliphatic heterocycles. The maximum absolute atomic E-state index is 12.3. The Morgan fingerprint density at radius 2 is 1.64 bits per heavy atom. The predicted octanol–water partition coefficient (Wildman–Crippen LogP) is 5.34. The van der Waals surface area contributed by atoms with Crippen molar-refractivity contribution in [3.8, 4) is 5.75 Å². The third-order valence-electron chi connectivity index (χ3n) is 4.47. The molecular weight excluding hydrogens is 352 g/mol. The molecule has 2 rings (SSSR count). The van der Waals surface area contributed by atoms with Crippen LogP contribution in [0.15, 0.2) is 54.6 Å². The topological polar surface area (TPSA) is 44.8 Å². The van der Waals surface area contributed by atoms with E-state index < -0.39 is 6.10 Å². The van der Waals surface area contributed by atoms with Gasteiger partial charge in [-0.05, 0) is 36.6 Å². The van der Waals surface area contributed by atoms with Gasteiger partial charge >= 0.3 is 5.97 Å². The molecule has 0 aromatic heterocycles. The molecule has 0 bridgehead atoms. The van der Waals surface area contributed by atoms with E-state index in [0.717, 1.165) is 29.7 Å². The van der Waals surface area contributed by atoms with Crippen LogP contribution in [-0.2, 0) is 27.3 Å². The molecule has 0 radical (unpaired) electrons. The van der Waals surface area contributed by atoms with Gasteiger partial charge in [0.15, 0.2) is 6.10 Å². The van der Waals surface area contributed by atoms with Crippen LogP contribution in [0.4, 0.5) is 0 Å². The number of benzene rings is 2. The molecule has 0 aliphatic carbocycles. The minimum Gasteiger partial charge on any atom is -0.489 e. The highest BCUT2D eigenvalue weighted by Crippen LogP contribution is 2.16. The predicted molar refractivity (Wildman–Crippen MR) is 111 cm³/mol. The van der Waals surface area contributed by atoms with Crippen molar-refractivity contribution in [3.05, 3.63) is 65.7 Å². The molecule has 152 valence electrons. The molecule has 0 aliphatic rings. The van der Waals surface area contributed by atoms with Crippen LogP contribution >= 0.6 is 0 Å². The fraction of sp³-hybridized carbons (Fsp3) is 0.458. The van der Waals surface area contributed by atoms with Gasteiger partial charge < -0.3 is 14.2 Å². The molecule has 2 aromatic rings. The van der Waals surface area contributed by atoms with E-state index in [1.54, 1.807) is 0 Å². The second kappa shape index (κ2) is 12.9. The first kappa shape index (κ1) is 22.0. The van der Waals surface area contributed by atoms with E-state index in [2.05, 4.69) is 6.92 Å². The number of ether oxygens (including phenoxy) is 3. The lowest BCUT2D eigenvalue weighted by molar-refractivity contribution is -0.157. The van der Waals surface area contributed by atoms with E-state index >= 15 is 0 Å². The number of hydrogen-bond donors (Lipinski definition) is 0. The van der Waals surface area contributed by atoms with Gasteiger partial charge in [0.05, 0.1) is 6.61 Å². The lowest BCUT2D eigenvalue weighted by atomic mass is 10.1. The number of carbonyl (C=O) groups is 1. The number of rotatable bonds is 13. The molecule has 0 fully saturated rings. The van der Waals surface area contributed by atoms with Crippen molar-refractivity contribution in [1.82, 2.24) is 0 Å². The summed E-state index contributed by atoms with van der Waals surface area (Å²) < 4.78 is 16.8. The van der Waals surface area contributed by atoms with Gasteiger partial charge in [-0.25, -0.2) is 4.79 Å². The number of carbonyl (C=O) groups excluding carboxylic acids is 1. The Morgan fingerprint density at radius 3 is 2.32 bits per heavy atom. The van der Waals surface area contributed by atoms with Crippen LogP contribution in [-0.4, -0.2) is 25.3 Å². The smallest absolute Gasteiger partial charge is 0.335 e. The minimum atomic E-state index is -0.563. The van der Waals surface area contributed by atoms with Crippen LogP contribution in [0.1, 0.15) is 50.7 Å². The van der Waals surface area contributed by atoms with Gasteiger partial charge in [0.25, 0.3) is 0 Å². The van der Waals surface area contributed by atoms with E-state index in [1.807, 2.05) is 61.5 Å². The molecule has 28 heavy (non-hydrogen) atoms. The van der Waals surface area contributed by atoms with Gasteiger partial charge in [0.2, 0.25) is 0 Å². The highest BCUT2D eigenvalue weighted by atomic mass is 16.6. The zero-order chi connectivity index (χ0) is 20.0. The van der Waals surface area contributed by atoms with Gasteiger partial charge in [-0.15, -0.1) is 0 Å². The van der Waals surface area contributed by atoms with E-state index in [0.29, 0.717) is 26.2 Å². The van der Waals surface area contributed by atoms with Gasteiger partial charge in [-0.3, -0.25) is 0 Å². The summed E-state index contributed by atoms with van der Waals surface area (Å²) >= 11 is 0. The summed E-state index contributed by atoms with van der Waals surface area (Å²) in [5.74, 6) is 0.529. The van der Waals surface area contributed by atoms with Crippen molar-refractivity contribution >= 4 is 5.97 Å². The monoisotopic (exact) mass is 384 g/mol. The summed E-state index contributed by atoms with van der Waals surface area (Å²) in [6, 6.07) is 17.9. The lowest BCUT2D eigenvalue weighted by Crippen LogP contribution is -2.29. The average molecular weight is 385 g/mol. The minimum absolute atomic E-state index is 0.275. The molecule has 0 saturated carbocycles. The second-order valence-electron chi connectivity index (χ2n) is 6.79. The quantitative estimate of drug-likeness (QED) is 0.345. The van der Waals surface area contributed by atoms with E-state index in [-0.39, 0.29) is 5.97 Å². The molecule has 1 unspecified atom stereocenters. The van der Waals surface area contributed by atoms with Crippen LogP contribution in [0.5, 0.6) is 5.75 Å². The van der Waals surface area contributed by atoms with Gasteiger partial charge in [0, 0.05) is 13.0 Å². The Hall–Kier alpha value is -2.33. The van der Waals surface area contributed by atoms with Crippen molar-refractivity contribution < 1.29 is 19.0 Å². The summed E-state index contributed by atoms with van der Waals surface area (Å²) in [7, 11) is 0. The van der Waals surface area contributed by atoms with Gasteiger partial charge in [-0.1, -0.05) is 68.7 Å². The standard InChI is InChI=1S/C24H32O4/c1-3-5-6-10-17-27-24(25)23(26-4-2)18-20-13-15-22(16-14-20)28-19-21-11-8-7-9-12-21/h7-9,11-16,23H,3-6,10,17-19H2,1-2H3. The Kier molecular flexibility index (Phi) is 10.2. The molecule has 4 heteroatoms. The van der Waals surface area contributed by atoms with Crippen molar-refractivity contribution in [2.45, 2.75) is 58.7 Å². The van der Waals surface area contributed by atoms with Crippen LogP contribution in [0.2, 0.25) is 0 Å². The highest BCUT2D eigenvalue weighted by molar-refractivity contribution is 5.75. The normalized spacial score (nSPS) is 11.8. The van der Waals surface area contributed by atoms with Gasteiger partial charge in [-0.2, -0.15) is 0 Å². The van der Waals surface area contributed by atoms with Crippen LogP contribution in [0, 0.1) is 0 Å². The first-order valence-corrected chi connectivity index (χ1v) is 10.3. The SMILES string of the molecule is CCCCCCOC(=O)C(Cc1ccc(OCc2ccccc2)cc1)OCC. The van der Waals surface area contributed by atoms with E-state index in [1.165, 1.54) is 12.8 Å². The zero-order valence-electron chi connectivity index (χ0n) is 17.1. The fourth-order valence-electron chi connectivity index (χ4n) is 2.88. The molecule has 1 atom stereocenters. The van der Waals surface area contributed by atoms with Crippen LogP contribution < -0.4 is 4.74 Å². The molecule has 0 amide bonds. The summed E-state index contributed by atoms with van der Waals surface area (Å²) in [5, 5.41) is 0. The van der Waals surface area contributed by atoms with Crippen molar-refractivity contribution in [3.63, 3.8) is 0 Å². The summed E-state index contributed by atoms with van der Waals surface area (Å²) in [6.45, 7) is 5.53. The van der Waals surface area contributed by atoms with Gasteiger partial charge in [0.1, 0.15) is 12.4 Å². The molecule has 0 spiro atoms. The maximum Gasteiger partial charge on any atom is 0.335 e. The van der Waals surface area contributed by atoms with Crippen LogP contribution in [0.3, 0.4) is 0 Å². The number of unbranched alkanes of at least 4 members (excludes halogenated alkanes) is 3. The summed E-state index contributed by atoms with van der Waals surface area (Å²) in [4.78, 5) is 12.3. The summed E-state index contributed by atoms with van der Waals surface area (Å²) in [5.41, 5.74) is 2.15. The Labute approximate surface area is 168 Å². The highest BCUT2D eigenvalue weighted by Gasteiger charge is 2.20. The largest absolute Gasteiger partial charge is 0.489 e. The third-order valence-corrected chi connectivity index (χ3v) is 4.47. The lowest BCUT2D eigenvalue weighted by Gasteiger charge is -2.16. The molecule has 0 N–H and O–H groups in total. The molecule has 0 heterocycles. The fourth-order valence-corrected chi connectivity index (χ4v) is 2.88. The molecule has 0 saturated heterocycles. The summed E-state index contributed by atoms with van der Waals surface area (Å²) in [6.07, 6.45) is 4.28. The van der Waals surface area contributed by atoms with Crippen molar-refractivity contribution in [2.75, 3.05) is 13.2 Å². The molecule has 2 aromatic carbocycles. The number of esters is 1. The van der Waals surface area contributed by atoms with Crippen LogP contribution in [0.25, 0.3) is 0 Å². The molecular formula is C24H32O4. The third kappa shape index (κ3) is 8.13. The van der Waals surface area contributed by atoms with E-state index in [9.17, 15) is 4.79 Å².